The molecule has 0 bridgehead atoms. The molecular formula is C18H19N3O4. The highest BCUT2D eigenvalue weighted by Crippen LogP contribution is 2.32. The van der Waals surface area contributed by atoms with Gasteiger partial charge in [0.2, 0.25) is 5.89 Å². The molecular weight excluding hydrogens is 322 g/mol. The van der Waals surface area contributed by atoms with Crippen LogP contribution in [0.3, 0.4) is 0 Å². The molecule has 3 rings (SSSR count). The van der Waals surface area contributed by atoms with Gasteiger partial charge in [0.1, 0.15) is 5.69 Å². The van der Waals surface area contributed by atoms with Gasteiger partial charge in [0.05, 0.1) is 6.61 Å². The van der Waals surface area contributed by atoms with Crippen molar-refractivity contribution in [3.63, 3.8) is 0 Å². The second-order valence-corrected chi connectivity index (χ2v) is 5.58. The van der Waals surface area contributed by atoms with Crippen molar-refractivity contribution in [2.75, 3.05) is 6.61 Å². The zero-order valence-corrected chi connectivity index (χ0v) is 14.4. The van der Waals surface area contributed by atoms with E-state index in [-0.39, 0.29) is 18.3 Å². The highest BCUT2D eigenvalue weighted by molar-refractivity contribution is 6.02. The average Bonchev–Trinajstić information content (AvgIpc) is 3.20. The van der Waals surface area contributed by atoms with Crippen LogP contribution in [0.15, 0.2) is 34.7 Å². The fourth-order valence-electron chi connectivity index (χ4n) is 2.79. The Morgan fingerprint density at radius 3 is 2.64 bits per heavy atom. The number of hydrogen-bond acceptors (Lipinski definition) is 6. The van der Waals surface area contributed by atoms with Crippen LogP contribution >= 0.6 is 0 Å². The van der Waals surface area contributed by atoms with Crippen molar-refractivity contribution >= 4 is 22.7 Å². The third kappa shape index (κ3) is 3.05. The molecule has 0 saturated carbocycles. The minimum atomic E-state index is -1.10. The molecule has 0 spiro atoms. The van der Waals surface area contributed by atoms with Crippen molar-refractivity contribution < 1.29 is 18.7 Å². The van der Waals surface area contributed by atoms with Crippen LogP contribution in [0.25, 0.3) is 22.5 Å². The summed E-state index contributed by atoms with van der Waals surface area (Å²) >= 11 is 0. The highest BCUT2D eigenvalue weighted by atomic mass is 16.5. The number of Topliss-reactive ketones (excluding diaryl/α,β-unsaturated/α-hetero) is 1. The maximum Gasteiger partial charge on any atom is 0.336 e. The second-order valence-electron chi connectivity index (χ2n) is 5.58. The van der Waals surface area contributed by atoms with Crippen molar-refractivity contribution in [3.8, 4) is 11.6 Å². The molecule has 0 amide bonds. The summed E-state index contributed by atoms with van der Waals surface area (Å²) in [5.74, 6) is -0.171. The van der Waals surface area contributed by atoms with Crippen LogP contribution in [0, 0.1) is 0 Å². The van der Waals surface area contributed by atoms with E-state index < -0.39 is 12.0 Å². The molecule has 2 aromatic heterocycles. The molecule has 0 saturated heterocycles. The summed E-state index contributed by atoms with van der Waals surface area (Å²) in [7, 11) is 0. The first-order chi connectivity index (χ1) is 12.1. The van der Waals surface area contributed by atoms with Gasteiger partial charge < -0.3 is 13.7 Å². The van der Waals surface area contributed by atoms with E-state index in [2.05, 4.69) is 10.2 Å². The predicted molar refractivity (Wildman–Crippen MR) is 91.0 cm³/mol. The number of esters is 1. The van der Waals surface area contributed by atoms with Crippen molar-refractivity contribution in [1.82, 2.24) is 14.8 Å². The Morgan fingerprint density at radius 1 is 1.24 bits per heavy atom. The van der Waals surface area contributed by atoms with Gasteiger partial charge in [-0.1, -0.05) is 25.1 Å². The van der Waals surface area contributed by atoms with Gasteiger partial charge >= 0.3 is 5.97 Å². The standard InChI is InChI=1S/C18H19N3O4/c1-4-15-19-20-17(25-15)14-10-12-8-6-7-9-13(12)21(14)16(11(3)22)18(23)24-5-2/h6-10,16H,4-5H2,1-3H3. The Morgan fingerprint density at radius 2 is 2.00 bits per heavy atom. The summed E-state index contributed by atoms with van der Waals surface area (Å²) in [4.78, 5) is 24.7. The van der Waals surface area contributed by atoms with Crippen molar-refractivity contribution in [2.45, 2.75) is 33.2 Å². The molecule has 3 aromatic rings. The van der Waals surface area contributed by atoms with Gasteiger partial charge in [-0.05, 0) is 26.0 Å². The van der Waals surface area contributed by atoms with Gasteiger partial charge in [-0.3, -0.25) is 4.79 Å². The number of para-hydroxylation sites is 1. The first-order valence-corrected chi connectivity index (χ1v) is 8.16. The van der Waals surface area contributed by atoms with Crippen LogP contribution in [0.4, 0.5) is 0 Å². The lowest BCUT2D eigenvalue weighted by atomic mass is 10.2. The molecule has 0 radical (unpaired) electrons. The highest BCUT2D eigenvalue weighted by Gasteiger charge is 2.31. The fraction of sp³-hybridized carbons (Fsp3) is 0.333. The Labute approximate surface area is 144 Å². The number of aryl methyl sites for hydroxylation is 1. The number of rotatable bonds is 6. The number of hydrogen-bond donors (Lipinski definition) is 0. The summed E-state index contributed by atoms with van der Waals surface area (Å²) in [5, 5.41) is 8.90. The SMILES string of the molecule is CCOC(=O)C(C(C)=O)n1c(-c2nnc(CC)o2)cc2ccccc21. The number of carbonyl (C=O) groups is 2. The van der Waals surface area contributed by atoms with Gasteiger partial charge in [0.15, 0.2) is 11.8 Å². The third-order valence-electron chi connectivity index (χ3n) is 3.89. The molecule has 25 heavy (non-hydrogen) atoms. The lowest BCUT2D eigenvalue weighted by Crippen LogP contribution is -2.28. The summed E-state index contributed by atoms with van der Waals surface area (Å²) in [6.07, 6.45) is 0.598. The summed E-state index contributed by atoms with van der Waals surface area (Å²) in [5.41, 5.74) is 1.24. The molecule has 130 valence electrons. The van der Waals surface area contributed by atoms with Gasteiger partial charge in [-0.2, -0.15) is 0 Å². The number of ketones is 1. The van der Waals surface area contributed by atoms with Crippen LogP contribution in [0.1, 0.15) is 32.7 Å². The molecule has 1 atom stereocenters. The molecule has 2 heterocycles. The minimum Gasteiger partial charge on any atom is -0.464 e. The van der Waals surface area contributed by atoms with Crippen LogP contribution in [0.2, 0.25) is 0 Å². The number of aromatic nitrogens is 3. The summed E-state index contributed by atoms with van der Waals surface area (Å²) in [6, 6.07) is 8.19. The second kappa shape index (κ2) is 6.88. The largest absolute Gasteiger partial charge is 0.464 e. The van der Waals surface area contributed by atoms with Gasteiger partial charge in [-0.15, -0.1) is 10.2 Å². The van der Waals surface area contributed by atoms with Gasteiger partial charge in [0.25, 0.3) is 5.89 Å². The maximum atomic E-state index is 12.4. The van der Waals surface area contributed by atoms with Gasteiger partial charge in [0, 0.05) is 17.3 Å². The fourth-order valence-corrected chi connectivity index (χ4v) is 2.79. The van der Waals surface area contributed by atoms with E-state index in [0.29, 0.717) is 18.0 Å². The molecule has 1 aromatic carbocycles. The van der Waals surface area contributed by atoms with Crippen LogP contribution in [-0.4, -0.2) is 33.1 Å². The molecule has 7 nitrogen and oxygen atoms in total. The van der Waals surface area contributed by atoms with Crippen molar-refractivity contribution in [3.05, 3.63) is 36.2 Å². The minimum absolute atomic E-state index is 0.192. The molecule has 0 aliphatic heterocycles. The van der Waals surface area contributed by atoms with E-state index in [1.807, 2.05) is 37.3 Å². The predicted octanol–water partition coefficient (Wildman–Crippen LogP) is 2.95. The number of ether oxygens (including phenoxy) is 1. The smallest absolute Gasteiger partial charge is 0.336 e. The summed E-state index contributed by atoms with van der Waals surface area (Å²) < 4.78 is 12.4. The first-order valence-electron chi connectivity index (χ1n) is 8.16. The Bertz CT molecular complexity index is 925. The number of benzene rings is 1. The number of carbonyl (C=O) groups excluding carboxylic acids is 2. The monoisotopic (exact) mass is 341 g/mol. The quantitative estimate of drug-likeness (QED) is 0.506. The molecule has 0 aliphatic rings. The first kappa shape index (κ1) is 16.9. The van der Waals surface area contributed by atoms with E-state index in [0.717, 1.165) is 10.9 Å². The third-order valence-corrected chi connectivity index (χ3v) is 3.89. The average molecular weight is 341 g/mol. The van der Waals surface area contributed by atoms with Crippen molar-refractivity contribution in [2.24, 2.45) is 0 Å². The summed E-state index contributed by atoms with van der Waals surface area (Å²) in [6.45, 7) is 5.17. The Kier molecular flexibility index (Phi) is 4.65. The molecule has 1 unspecified atom stereocenters. The number of nitrogens with zero attached hydrogens (tertiary/aromatic N) is 3. The molecule has 0 N–H and O–H groups in total. The van der Waals surface area contributed by atoms with Crippen LogP contribution in [-0.2, 0) is 20.7 Å². The van der Waals surface area contributed by atoms with E-state index in [1.54, 1.807) is 11.5 Å². The van der Waals surface area contributed by atoms with Crippen LogP contribution < -0.4 is 0 Å². The molecule has 0 aliphatic carbocycles. The zero-order chi connectivity index (χ0) is 18.0. The number of fused-ring (bicyclic) bond motifs is 1. The maximum absolute atomic E-state index is 12.4. The zero-order valence-electron chi connectivity index (χ0n) is 14.4. The molecule has 7 heteroatoms. The Balaban J connectivity index is 2.25. The van der Waals surface area contributed by atoms with Crippen molar-refractivity contribution in [1.29, 1.82) is 0 Å². The van der Waals surface area contributed by atoms with Crippen LogP contribution in [0.5, 0.6) is 0 Å². The van der Waals surface area contributed by atoms with E-state index in [9.17, 15) is 9.59 Å². The lowest BCUT2D eigenvalue weighted by Gasteiger charge is -2.17. The molecule has 0 fully saturated rings. The van der Waals surface area contributed by atoms with E-state index in [1.165, 1.54) is 6.92 Å². The normalized spacial score (nSPS) is 12.3. The van der Waals surface area contributed by atoms with E-state index in [4.69, 9.17) is 9.15 Å². The van der Waals surface area contributed by atoms with E-state index >= 15 is 0 Å². The van der Waals surface area contributed by atoms with Gasteiger partial charge in [-0.25, -0.2) is 4.79 Å². The topological polar surface area (TPSA) is 87.2 Å². The Hall–Kier alpha value is -2.96. The lowest BCUT2D eigenvalue weighted by molar-refractivity contribution is -0.149.